The summed E-state index contributed by atoms with van der Waals surface area (Å²) in [6.45, 7) is 3.65. The average molecular weight is 307 g/mol. The molecule has 1 heterocycles. The Hall–Kier alpha value is -2.87. The summed E-state index contributed by atoms with van der Waals surface area (Å²) in [5.41, 5.74) is 2.62. The molecule has 0 bridgehead atoms. The summed E-state index contributed by atoms with van der Waals surface area (Å²) in [4.78, 5) is 16.0. The maximum atomic E-state index is 11.7. The third kappa shape index (κ3) is 3.49. The number of anilines is 1. The van der Waals surface area contributed by atoms with Gasteiger partial charge in [-0.3, -0.25) is 9.78 Å². The van der Waals surface area contributed by atoms with E-state index in [9.17, 15) is 10.1 Å². The molecule has 0 spiro atoms. The van der Waals surface area contributed by atoms with E-state index >= 15 is 0 Å². The van der Waals surface area contributed by atoms with Crippen molar-refractivity contribution in [3.8, 4) is 17.6 Å². The molecule has 1 fully saturated rings. The van der Waals surface area contributed by atoms with Gasteiger partial charge in [0, 0.05) is 23.4 Å². The van der Waals surface area contributed by atoms with Crippen LogP contribution in [0.5, 0.6) is 11.5 Å². The van der Waals surface area contributed by atoms with Crippen LogP contribution in [0.1, 0.15) is 29.8 Å². The first kappa shape index (κ1) is 15.0. The minimum absolute atomic E-state index is 0.0748. The van der Waals surface area contributed by atoms with E-state index < -0.39 is 0 Å². The molecule has 1 aliphatic rings. The Morgan fingerprint density at radius 2 is 2.00 bits per heavy atom. The predicted molar refractivity (Wildman–Crippen MR) is 86.3 cm³/mol. The fraction of sp³-hybridized carbons (Fsp3) is 0.278. The van der Waals surface area contributed by atoms with Crippen LogP contribution in [0.3, 0.4) is 0 Å². The number of hydrogen-bond acceptors (Lipinski definition) is 4. The molecule has 0 saturated heterocycles. The van der Waals surface area contributed by atoms with E-state index in [-0.39, 0.29) is 11.8 Å². The first-order valence-corrected chi connectivity index (χ1v) is 7.54. The molecule has 1 N–H and O–H groups in total. The van der Waals surface area contributed by atoms with Crippen LogP contribution in [0, 0.1) is 31.1 Å². The molecular weight excluding hydrogens is 290 g/mol. The molecular formula is C18H17N3O2. The SMILES string of the molecule is Cc1cc(Oc2ccc(NC(=O)C3CC3)cc2)c(C#N)c(C)n1. The van der Waals surface area contributed by atoms with Crippen LogP contribution in [0.2, 0.25) is 0 Å². The minimum atomic E-state index is 0.0748. The van der Waals surface area contributed by atoms with Gasteiger partial charge in [0.1, 0.15) is 23.1 Å². The molecule has 1 aromatic heterocycles. The molecule has 0 atom stereocenters. The van der Waals surface area contributed by atoms with E-state index in [2.05, 4.69) is 16.4 Å². The Kier molecular flexibility index (Phi) is 3.98. The van der Waals surface area contributed by atoms with E-state index in [1.54, 1.807) is 37.3 Å². The number of nitrogens with zero attached hydrogens (tertiary/aromatic N) is 2. The zero-order valence-electron chi connectivity index (χ0n) is 13.1. The second-order valence-corrected chi connectivity index (χ2v) is 5.72. The molecule has 0 unspecified atom stereocenters. The molecule has 5 nitrogen and oxygen atoms in total. The van der Waals surface area contributed by atoms with Crippen LogP contribution in [0.4, 0.5) is 5.69 Å². The Balaban J connectivity index is 1.76. The van der Waals surface area contributed by atoms with E-state index in [0.29, 0.717) is 22.8 Å². The molecule has 116 valence electrons. The number of ether oxygens (including phenoxy) is 1. The largest absolute Gasteiger partial charge is 0.456 e. The van der Waals surface area contributed by atoms with E-state index in [0.717, 1.165) is 24.2 Å². The molecule has 1 amide bonds. The van der Waals surface area contributed by atoms with Gasteiger partial charge in [-0.05, 0) is 51.0 Å². The third-order valence-corrected chi connectivity index (χ3v) is 3.70. The Bertz CT molecular complexity index is 787. The summed E-state index contributed by atoms with van der Waals surface area (Å²) >= 11 is 0. The van der Waals surface area contributed by atoms with Gasteiger partial charge in [0.15, 0.2) is 0 Å². The summed E-state index contributed by atoms with van der Waals surface area (Å²) in [5.74, 6) is 1.35. The second kappa shape index (κ2) is 6.09. The van der Waals surface area contributed by atoms with Gasteiger partial charge >= 0.3 is 0 Å². The zero-order valence-corrected chi connectivity index (χ0v) is 13.1. The summed E-state index contributed by atoms with van der Waals surface area (Å²) in [7, 11) is 0. The lowest BCUT2D eigenvalue weighted by Crippen LogP contribution is -2.12. The van der Waals surface area contributed by atoms with Crippen molar-refractivity contribution in [3.63, 3.8) is 0 Å². The number of hydrogen-bond donors (Lipinski definition) is 1. The van der Waals surface area contributed by atoms with Gasteiger partial charge in [0.05, 0.1) is 5.69 Å². The summed E-state index contributed by atoms with van der Waals surface area (Å²) in [6, 6.07) is 11.0. The summed E-state index contributed by atoms with van der Waals surface area (Å²) in [6.07, 6.45) is 1.95. The molecule has 23 heavy (non-hydrogen) atoms. The van der Waals surface area contributed by atoms with Crippen molar-refractivity contribution < 1.29 is 9.53 Å². The first-order valence-electron chi connectivity index (χ1n) is 7.54. The van der Waals surface area contributed by atoms with Crippen molar-refractivity contribution in [1.29, 1.82) is 5.26 Å². The van der Waals surface area contributed by atoms with Crippen LogP contribution in [-0.4, -0.2) is 10.9 Å². The van der Waals surface area contributed by atoms with E-state index in [4.69, 9.17) is 4.74 Å². The minimum Gasteiger partial charge on any atom is -0.456 e. The standard InChI is InChI=1S/C18H17N3O2/c1-11-9-17(16(10-19)12(2)20-11)23-15-7-5-14(6-8-15)21-18(22)13-3-4-13/h5-9,13H,3-4H2,1-2H3,(H,21,22). The van der Waals surface area contributed by atoms with Crippen LogP contribution < -0.4 is 10.1 Å². The van der Waals surface area contributed by atoms with Crippen LogP contribution in [0.15, 0.2) is 30.3 Å². The molecule has 2 aromatic rings. The maximum Gasteiger partial charge on any atom is 0.227 e. The number of carbonyl (C=O) groups is 1. The highest BCUT2D eigenvalue weighted by molar-refractivity contribution is 5.94. The van der Waals surface area contributed by atoms with Gasteiger partial charge in [0.25, 0.3) is 0 Å². The van der Waals surface area contributed by atoms with Gasteiger partial charge in [-0.15, -0.1) is 0 Å². The number of carbonyl (C=O) groups excluding carboxylic acids is 1. The number of nitriles is 1. The van der Waals surface area contributed by atoms with Crippen LogP contribution in [0.25, 0.3) is 0 Å². The molecule has 1 saturated carbocycles. The molecule has 1 aliphatic carbocycles. The Morgan fingerprint density at radius 1 is 1.30 bits per heavy atom. The van der Waals surface area contributed by atoms with E-state index in [1.165, 1.54) is 0 Å². The molecule has 0 aliphatic heterocycles. The number of aryl methyl sites for hydroxylation is 2. The van der Waals surface area contributed by atoms with Crippen molar-refractivity contribution >= 4 is 11.6 Å². The highest BCUT2D eigenvalue weighted by Crippen LogP contribution is 2.31. The molecule has 0 radical (unpaired) electrons. The van der Waals surface area contributed by atoms with Gasteiger partial charge < -0.3 is 10.1 Å². The average Bonchev–Trinajstić information content (AvgIpc) is 3.33. The topological polar surface area (TPSA) is 75.0 Å². The number of nitrogens with one attached hydrogen (secondary N) is 1. The quantitative estimate of drug-likeness (QED) is 0.934. The first-order chi connectivity index (χ1) is 11.1. The smallest absolute Gasteiger partial charge is 0.227 e. The van der Waals surface area contributed by atoms with Crippen molar-refractivity contribution in [2.75, 3.05) is 5.32 Å². The number of amides is 1. The lowest BCUT2D eigenvalue weighted by atomic mass is 10.2. The van der Waals surface area contributed by atoms with Gasteiger partial charge in [-0.1, -0.05) is 0 Å². The lowest BCUT2D eigenvalue weighted by molar-refractivity contribution is -0.117. The molecule has 1 aromatic carbocycles. The predicted octanol–water partition coefficient (Wildman–Crippen LogP) is 3.71. The second-order valence-electron chi connectivity index (χ2n) is 5.72. The van der Waals surface area contributed by atoms with Crippen molar-refractivity contribution in [2.45, 2.75) is 26.7 Å². The van der Waals surface area contributed by atoms with Crippen molar-refractivity contribution in [3.05, 3.63) is 47.3 Å². The fourth-order valence-electron chi connectivity index (χ4n) is 2.33. The number of benzene rings is 1. The summed E-state index contributed by atoms with van der Waals surface area (Å²) < 4.78 is 5.81. The number of pyridine rings is 1. The van der Waals surface area contributed by atoms with Crippen molar-refractivity contribution in [2.24, 2.45) is 5.92 Å². The fourth-order valence-corrected chi connectivity index (χ4v) is 2.33. The monoisotopic (exact) mass is 307 g/mol. The molecule has 3 rings (SSSR count). The lowest BCUT2D eigenvalue weighted by Gasteiger charge is -2.11. The maximum absolute atomic E-state index is 11.7. The molecule has 5 heteroatoms. The van der Waals surface area contributed by atoms with Crippen molar-refractivity contribution in [1.82, 2.24) is 4.98 Å². The third-order valence-electron chi connectivity index (χ3n) is 3.70. The van der Waals surface area contributed by atoms with Gasteiger partial charge in [0.2, 0.25) is 5.91 Å². The Labute approximate surface area is 134 Å². The highest BCUT2D eigenvalue weighted by Gasteiger charge is 2.29. The van der Waals surface area contributed by atoms with Crippen LogP contribution >= 0.6 is 0 Å². The van der Waals surface area contributed by atoms with Crippen LogP contribution in [-0.2, 0) is 4.79 Å². The van der Waals surface area contributed by atoms with E-state index in [1.807, 2.05) is 6.92 Å². The number of rotatable bonds is 4. The zero-order chi connectivity index (χ0) is 16.4. The Morgan fingerprint density at radius 3 is 2.61 bits per heavy atom. The summed E-state index contributed by atoms with van der Waals surface area (Å²) in [5, 5.41) is 12.1. The van der Waals surface area contributed by atoms with Gasteiger partial charge in [-0.25, -0.2) is 0 Å². The van der Waals surface area contributed by atoms with Gasteiger partial charge in [-0.2, -0.15) is 5.26 Å². The number of aromatic nitrogens is 1. The normalized spacial score (nSPS) is 13.3. The highest BCUT2D eigenvalue weighted by atomic mass is 16.5.